The molecule has 6 atom stereocenters. The summed E-state index contributed by atoms with van der Waals surface area (Å²) in [7, 11) is 0. The monoisotopic (exact) mass is 382 g/mol. The summed E-state index contributed by atoms with van der Waals surface area (Å²) in [5.74, 6) is 0.632. The quantitative estimate of drug-likeness (QED) is 0.499. The van der Waals surface area contributed by atoms with Crippen LogP contribution in [-0.4, -0.2) is 24.8 Å². The first-order valence-electron chi connectivity index (χ1n) is 10.3. The minimum atomic E-state index is -4.58. The predicted octanol–water partition coefficient (Wildman–Crippen LogP) is 6.61. The Morgan fingerprint density at radius 3 is 1.81 bits per heavy atom. The molecule has 6 heteroatoms. The van der Waals surface area contributed by atoms with E-state index in [2.05, 4.69) is 11.7 Å². The molecular formula is C20H31F5O. The summed E-state index contributed by atoms with van der Waals surface area (Å²) in [5, 5.41) is 0. The van der Waals surface area contributed by atoms with Gasteiger partial charge in [-0.3, -0.25) is 4.74 Å². The van der Waals surface area contributed by atoms with Gasteiger partial charge in [0.2, 0.25) is 0 Å². The maximum Gasteiger partial charge on any atom is 0.522 e. The van der Waals surface area contributed by atoms with E-state index in [9.17, 15) is 22.0 Å². The number of halogens is 5. The zero-order chi connectivity index (χ0) is 18.9. The van der Waals surface area contributed by atoms with Crippen molar-refractivity contribution in [1.29, 1.82) is 0 Å². The van der Waals surface area contributed by atoms with Gasteiger partial charge >= 0.3 is 6.36 Å². The summed E-state index contributed by atoms with van der Waals surface area (Å²) in [5.41, 5.74) is 0. The van der Waals surface area contributed by atoms with Crippen LogP contribution in [0.1, 0.15) is 71.1 Å². The van der Waals surface area contributed by atoms with Crippen molar-refractivity contribution in [2.45, 2.75) is 95.9 Å². The number of ether oxygens (including phenoxy) is 1. The largest absolute Gasteiger partial charge is 0.522 e. The second-order valence-electron chi connectivity index (χ2n) is 8.95. The van der Waals surface area contributed by atoms with E-state index in [1.165, 1.54) is 0 Å². The molecule has 0 amide bonds. The molecule has 26 heavy (non-hydrogen) atoms. The van der Waals surface area contributed by atoms with Crippen molar-refractivity contribution in [1.82, 2.24) is 0 Å². The molecule has 0 aromatic carbocycles. The lowest BCUT2D eigenvalue weighted by Crippen LogP contribution is -2.40. The molecule has 0 N–H and O–H groups in total. The van der Waals surface area contributed by atoms with Gasteiger partial charge in [-0.1, -0.05) is 13.3 Å². The minimum absolute atomic E-state index is 0.00122. The van der Waals surface area contributed by atoms with Crippen molar-refractivity contribution in [2.24, 2.45) is 29.6 Å². The molecule has 6 unspecified atom stereocenters. The smallest absolute Gasteiger partial charge is 0.289 e. The van der Waals surface area contributed by atoms with Crippen molar-refractivity contribution < 1.29 is 26.7 Å². The van der Waals surface area contributed by atoms with E-state index in [-0.39, 0.29) is 23.7 Å². The Balaban J connectivity index is 1.47. The Morgan fingerprint density at radius 1 is 0.692 bits per heavy atom. The second kappa shape index (κ2) is 8.32. The van der Waals surface area contributed by atoms with E-state index in [0.717, 1.165) is 25.7 Å². The maximum atomic E-state index is 14.9. The fourth-order valence-corrected chi connectivity index (χ4v) is 5.78. The van der Waals surface area contributed by atoms with Gasteiger partial charge in [-0.25, -0.2) is 8.78 Å². The molecule has 0 bridgehead atoms. The Labute approximate surface area is 153 Å². The first-order valence-corrected chi connectivity index (χ1v) is 10.3. The van der Waals surface area contributed by atoms with Crippen LogP contribution in [0.15, 0.2) is 0 Å². The molecule has 0 spiro atoms. The molecule has 1 nitrogen and oxygen atoms in total. The van der Waals surface area contributed by atoms with E-state index in [4.69, 9.17) is 0 Å². The third-order valence-corrected chi connectivity index (χ3v) is 7.18. The van der Waals surface area contributed by atoms with Crippen molar-refractivity contribution in [3.8, 4) is 0 Å². The topological polar surface area (TPSA) is 9.23 Å². The van der Waals surface area contributed by atoms with Gasteiger partial charge in [-0.15, -0.1) is 13.2 Å². The highest BCUT2D eigenvalue weighted by molar-refractivity contribution is 4.92. The van der Waals surface area contributed by atoms with Gasteiger partial charge < -0.3 is 0 Å². The van der Waals surface area contributed by atoms with Gasteiger partial charge in [-0.05, 0) is 87.4 Å². The van der Waals surface area contributed by atoms with Gasteiger partial charge in [-0.2, -0.15) is 0 Å². The van der Waals surface area contributed by atoms with Gasteiger partial charge in [0.15, 0.2) is 0 Å². The van der Waals surface area contributed by atoms with Crippen LogP contribution in [-0.2, 0) is 4.74 Å². The minimum Gasteiger partial charge on any atom is -0.289 e. The third kappa shape index (κ3) is 5.11. The van der Waals surface area contributed by atoms with Crippen LogP contribution in [0.25, 0.3) is 0 Å². The summed E-state index contributed by atoms with van der Waals surface area (Å²) in [6.07, 6.45) is -0.656. The molecule has 0 aromatic heterocycles. The normalized spacial score (nSPS) is 45.5. The van der Waals surface area contributed by atoms with E-state index in [0.29, 0.717) is 44.4 Å². The molecule has 152 valence electrons. The van der Waals surface area contributed by atoms with Gasteiger partial charge in [0.25, 0.3) is 0 Å². The molecule has 3 saturated carbocycles. The first-order chi connectivity index (χ1) is 12.2. The summed E-state index contributed by atoms with van der Waals surface area (Å²) < 4.78 is 70.4. The Hall–Kier alpha value is -0.390. The van der Waals surface area contributed by atoms with Crippen molar-refractivity contribution in [2.75, 3.05) is 0 Å². The van der Waals surface area contributed by atoms with Crippen molar-refractivity contribution >= 4 is 0 Å². The highest BCUT2D eigenvalue weighted by Gasteiger charge is 2.43. The van der Waals surface area contributed by atoms with E-state index in [1.54, 1.807) is 0 Å². The van der Waals surface area contributed by atoms with Crippen LogP contribution < -0.4 is 0 Å². The standard InChI is InChI=1S/C20H31F5O/c1-12-2-8-17(18(21)10-12)14-5-9-16(19(22)11-14)13-3-6-15(7-4-13)26-20(23,24)25/h12-19H,2-11H2,1H3. The molecule has 3 rings (SSSR count). The Morgan fingerprint density at radius 2 is 1.23 bits per heavy atom. The Bertz CT molecular complexity index is 446. The highest BCUT2D eigenvalue weighted by atomic mass is 19.4. The average molecular weight is 382 g/mol. The molecular weight excluding hydrogens is 351 g/mol. The molecule has 0 radical (unpaired) electrons. The number of rotatable bonds is 3. The lowest BCUT2D eigenvalue weighted by molar-refractivity contribution is -0.346. The summed E-state index contributed by atoms with van der Waals surface area (Å²) in [6.45, 7) is 2.08. The molecule has 0 aromatic rings. The lowest BCUT2D eigenvalue weighted by Gasteiger charge is -2.43. The fraction of sp³-hybridized carbons (Fsp3) is 1.00. The third-order valence-electron chi connectivity index (χ3n) is 7.18. The zero-order valence-corrected chi connectivity index (χ0v) is 15.5. The Kier molecular flexibility index (Phi) is 6.51. The van der Waals surface area contributed by atoms with Crippen LogP contribution in [0.4, 0.5) is 22.0 Å². The van der Waals surface area contributed by atoms with E-state index < -0.39 is 24.8 Å². The van der Waals surface area contributed by atoms with Gasteiger partial charge in [0.1, 0.15) is 12.3 Å². The van der Waals surface area contributed by atoms with Crippen LogP contribution in [0.5, 0.6) is 0 Å². The van der Waals surface area contributed by atoms with Crippen molar-refractivity contribution in [3.05, 3.63) is 0 Å². The molecule has 0 saturated heterocycles. The maximum absolute atomic E-state index is 14.9. The summed E-state index contributed by atoms with van der Waals surface area (Å²) >= 11 is 0. The average Bonchev–Trinajstić information content (AvgIpc) is 2.54. The second-order valence-corrected chi connectivity index (χ2v) is 8.95. The van der Waals surface area contributed by atoms with Gasteiger partial charge in [0, 0.05) is 0 Å². The van der Waals surface area contributed by atoms with Crippen LogP contribution in [0.3, 0.4) is 0 Å². The number of alkyl halides is 5. The molecule has 0 heterocycles. The zero-order valence-electron chi connectivity index (χ0n) is 15.5. The van der Waals surface area contributed by atoms with Gasteiger partial charge in [0.05, 0.1) is 6.10 Å². The SMILES string of the molecule is CC1CCC(C2CCC(C3CCC(OC(F)(F)F)CC3)C(F)C2)C(F)C1. The summed E-state index contributed by atoms with van der Waals surface area (Å²) in [4.78, 5) is 0. The predicted molar refractivity (Wildman–Crippen MR) is 90.0 cm³/mol. The number of hydrogen-bond acceptors (Lipinski definition) is 1. The molecule has 0 aliphatic heterocycles. The van der Waals surface area contributed by atoms with Crippen LogP contribution in [0, 0.1) is 29.6 Å². The van der Waals surface area contributed by atoms with Crippen LogP contribution in [0.2, 0.25) is 0 Å². The number of hydrogen-bond donors (Lipinski definition) is 0. The fourth-order valence-electron chi connectivity index (χ4n) is 5.78. The van der Waals surface area contributed by atoms with Crippen LogP contribution >= 0.6 is 0 Å². The lowest BCUT2D eigenvalue weighted by atomic mass is 9.64. The molecule has 3 aliphatic carbocycles. The van der Waals surface area contributed by atoms with E-state index >= 15 is 0 Å². The first kappa shape index (κ1) is 20.3. The van der Waals surface area contributed by atoms with E-state index in [1.807, 2.05) is 0 Å². The van der Waals surface area contributed by atoms with Crippen molar-refractivity contribution in [3.63, 3.8) is 0 Å². The highest BCUT2D eigenvalue weighted by Crippen LogP contribution is 2.47. The molecule has 3 fully saturated rings. The summed E-state index contributed by atoms with van der Waals surface area (Å²) in [6, 6.07) is 0. The molecule has 3 aliphatic rings.